The van der Waals surface area contributed by atoms with E-state index in [9.17, 15) is 5.11 Å². The highest BCUT2D eigenvalue weighted by Gasteiger charge is 2.22. The van der Waals surface area contributed by atoms with Crippen molar-refractivity contribution >= 4 is 10.9 Å². The molecule has 1 aromatic heterocycles. The molecule has 1 fully saturated rings. The van der Waals surface area contributed by atoms with Gasteiger partial charge in [0.05, 0.1) is 12.6 Å². The Morgan fingerprint density at radius 2 is 1.96 bits per heavy atom. The van der Waals surface area contributed by atoms with Crippen LogP contribution >= 0.6 is 0 Å². The molecular formula is C20H30N2O. The number of piperidine rings is 1. The van der Waals surface area contributed by atoms with Gasteiger partial charge in [-0.1, -0.05) is 18.1 Å². The minimum Gasteiger partial charge on any atom is -0.390 e. The van der Waals surface area contributed by atoms with Crippen molar-refractivity contribution in [1.29, 1.82) is 0 Å². The lowest BCUT2D eigenvalue weighted by Crippen LogP contribution is -2.43. The number of β-amino-alcohol motifs (C(OH)–C–C–N with tert-alkyl or cyclic N) is 1. The Kier molecular flexibility index (Phi) is 4.79. The summed E-state index contributed by atoms with van der Waals surface area (Å²) < 4.78 is 2.30. The number of aliphatic hydroxyl groups is 1. The van der Waals surface area contributed by atoms with E-state index in [1.807, 2.05) is 0 Å². The first kappa shape index (κ1) is 16.5. The fraction of sp³-hybridized carbons (Fsp3) is 0.600. The Labute approximate surface area is 139 Å². The normalized spacial score (nSPS) is 21.0. The number of benzene rings is 1. The van der Waals surface area contributed by atoms with Gasteiger partial charge in [0, 0.05) is 29.2 Å². The highest BCUT2D eigenvalue weighted by Crippen LogP contribution is 2.26. The van der Waals surface area contributed by atoms with Gasteiger partial charge in [0.2, 0.25) is 0 Å². The Bertz CT molecular complexity index is 688. The number of nitrogens with zero attached hydrogens (tertiary/aromatic N) is 2. The maximum Gasteiger partial charge on any atom is 0.0845 e. The van der Waals surface area contributed by atoms with Gasteiger partial charge in [0.1, 0.15) is 0 Å². The van der Waals surface area contributed by atoms with E-state index in [1.165, 1.54) is 47.0 Å². The van der Waals surface area contributed by atoms with Crippen LogP contribution in [0.3, 0.4) is 0 Å². The Hall–Kier alpha value is -1.32. The van der Waals surface area contributed by atoms with Crippen LogP contribution in [0.1, 0.15) is 43.0 Å². The molecule has 2 atom stereocenters. The second-order valence-electron chi connectivity index (χ2n) is 7.34. The molecule has 0 spiro atoms. The summed E-state index contributed by atoms with van der Waals surface area (Å²) in [5, 5.41) is 12.0. The molecule has 1 saturated heterocycles. The van der Waals surface area contributed by atoms with Crippen LogP contribution < -0.4 is 0 Å². The van der Waals surface area contributed by atoms with Crippen LogP contribution in [0, 0.1) is 20.8 Å². The molecule has 23 heavy (non-hydrogen) atoms. The zero-order chi connectivity index (χ0) is 16.6. The van der Waals surface area contributed by atoms with Gasteiger partial charge in [-0.2, -0.15) is 0 Å². The molecule has 2 aromatic rings. The zero-order valence-electron chi connectivity index (χ0n) is 15.0. The van der Waals surface area contributed by atoms with Crippen LogP contribution in [0.4, 0.5) is 0 Å². The Morgan fingerprint density at radius 3 is 2.70 bits per heavy atom. The third kappa shape index (κ3) is 3.31. The Morgan fingerprint density at radius 1 is 1.17 bits per heavy atom. The molecule has 3 rings (SSSR count). The smallest absolute Gasteiger partial charge is 0.0845 e. The van der Waals surface area contributed by atoms with E-state index >= 15 is 0 Å². The van der Waals surface area contributed by atoms with Gasteiger partial charge < -0.3 is 9.67 Å². The van der Waals surface area contributed by atoms with Gasteiger partial charge in [-0.3, -0.25) is 4.90 Å². The van der Waals surface area contributed by atoms with Crippen LogP contribution in [-0.4, -0.2) is 39.8 Å². The summed E-state index contributed by atoms with van der Waals surface area (Å²) in [5.74, 6) is 0. The molecule has 1 aliphatic heterocycles. The molecule has 1 N–H and O–H groups in total. The predicted octanol–water partition coefficient (Wildman–Crippen LogP) is 3.80. The molecule has 0 amide bonds. The van der Waals surface area contributed by atoms with Gasteiger partial charge in [0.25, 0.3) is 0 Å². The van der Waals surface area contributed by atoms with E-state index < -0.39 is 0 Å². The molecule has 0 unspecified atom stereocenters. The average Bonchev–Trinajstić information content (AvgIpc) is 2.74. The van der Waals surface area contributed by atoms with E-state index in [0.29, 0.717) is 12.6 Å². The topological polar surface area (TPSA) is 28.4 Å². The number of likely N-dealkylation sites (tertiary alicyclic amines) is 1. The van der Waals surface area contributed by atoms with E-state index in [-0.39, 0.29) is 6.10 Å². The maximum absolute atomic E-state index is 10.7. The third-order valence-corrected chi connectivity index (χ3v) is 5.57. The standard InChI is InChI=1S/C20H30N2O/c1-14-8-9-20-19(11-14)16(3)17(4)22(20)13-18(23)12-21-10-6-5-7-15(21)2/h8-9,11,15,18,23H,5-7,10,12-13H2,1-4H3/t15-,18+/m1/s1. The molecule has 0 saturated carbocycles. The minimum atomic E-state index is -0.314. The van der Waals surface area contributed by atoms with Gasteiger partial charge in [0.15, 0.2) is 0 Å². The zero-order valence-corrected chi connectivity index (χ0v) is 15.0. The van der Waals surface area contributed by atoms with Crippen molar-refractivity contribution in [2.24, 2.45) is 0 Å². The molecule has 1 aliphatic rings. The summed E-state index contributed by atoms with van der Waals surface area (Å²) in [6.07, 6.45) is 3.54. The molecule has 2 heterocycles. The van der Waals surface area contributed by atoms with Crippen molar-refractivity contribution in [3.8, 4) is 0 Å². The number of rotatable bonds is 4. The summed E-state index contributed by atoms with van der Waals surface area (Å²) in [5.41, 5.74) is 5.15. The second-order valence-corrected chi connectivity index (χ2v) is 7.34. The molecule has 3 heteroatoms. The lowest BCUT2D eigenvalue weighted by Gasteiger charge is -2.34. The molecular weight excluding hydrogens is 284 g/mol. The number of aryl methyl sites for hydroxylation is 2. The van der Waals surface area contributed by atoms with Crippen molar-refractivity contribution in [1.82, 2.24) is 9.47 Å². The summed E-state index contributed by atoms with van der Waals surface area (Å²) in [7, 11) is 0. The largest absolute Gasteiger partial charge is 0.390 e. The van der Waals surface area contributed by atoms with Gasteiger partial charge in [-0.15, -0.1) is 0 Å². The summed E-state index contributed by atoms with van der Waals surface area (Å²) >= 11 is 0. The van der Waals surface area contributed by atoms with Gasteiger partial charge in [-0.05, 0) is 64.8 Å². The van der Waals surface area contributed by atoms with Crippen molar-refractivity contribution in [2.45, 2.75) is 65.6 Å². The lowest BCUT2D eigenvalue weighted by molar-refractivity contribution is 0.0641. The quantitative estimate of drug-likeness (QED) is 0.930. The highest BCUT2D eigenvalue weighted by atomic mass is 16.3. The first-order valence-corrected chi connectivity index (χ1v) is 8.95. The van der Waals surface area contributed by atoms with Crippen LogP contribution in [0.5, 0.6) is 0 Å². The van der Waals surface area contributed by atoms with E-state index in [1.54, 1.807) is 0 Å². The summed E-state index contributed by atoms with van der Waals surface area (Å²) in [6.45, 7) is 11.4. The summed E-state index contributed by atoms with van der Waals surface area (Å²) in [4.78, 5) is 2.45. The van der Waals surface area contributed by atoms with E-state index in [2.05, 4.69) is 55.4 Å². The van der Waals surface area contributed by atoms with Crippen molar-refractivity contribution in [2.75, 3.05) is 13.1 Å². The van der Waals surface area contributed by atoms with Crippen LogP contribution in [0.25, 0.3) is 10.9 Å². The maximum atomic E-state index is 10.7. The summed E-state index contributed by atoms with van der Waals surface area (Å²) in [6, 6.07) is 7.22. The van der Waals surface area contributed by atoms with Crippen molar-refractivity contribution in [3.05, 3.63) is 35.0 Å². The van der Waals surface area contributed by atoms with Crippen LogP contribution in [0.2, 0.25) is 0 Å². The second kappa shape index (κ2) is 6.66. The van der Waals surface area contributed by atoms with Gasteiger partial charge >= 0.3 is 0 Å². The number of fused-ring (bicyclic) bond motifs is 1. The molecule has 0 bridgehead atoms. The minimum absolute atomic E-state index is 0.314. The number of aliphatic hydroxyl groups excluding tert-OH is 1. The first-order chi connectivity index (χ1) is 11.0. The van der Waals surface area contributed by atoms with Gasteiger partial charge in [-0.25, -0.2) is 0 Å². The number of hydrogen-bond donors (Lipinski definition) is 1. The highest BCUT2D eigenvalue weighted by molar-refractivity contribution is 5.85. The fourth-order valence-electron chi connectivity index (χ4n) is 3.97. The van der Waals surface area contributed by atoms with Crippen LogP contribution in [-0.2, 0) is 6.54 Å². The molecule has 0 radical (unpaired) electrons. The number of hydrogen-bond acceptors (Lipinski definition) is 2. The fourth-order valence-corrected chi connectivity index (χ4v) is 3.97. The monoisotopic (exact) mass is 314 g/mol. The molecule has 3 nitrogen and oxygen atoms in total. The lowest BCUT2D eigenvalue weighted by atomic mass is 10.0. The third-order valence-electron chi connectivity index (χ3n) is 5.57. The molecule has 1 aromatic carbocycles. The molecule has 126 valence electrons. The van der Waals surface area contributed by atoms with Crippen molar-refractivity contribution in [3.63, 3.8) is 0 Å². The first-order valence-electron chi connectivity index (χ1n) is 8.95. The van der Waals surface area contributed by atoms with E-state index in [0.717, 1.165) is 13.1 Å². The SMILES string of the molecule is Cc1ccc2c(c1)c(C)c(C)n2C[C@@H](O)CN1CCCC[C@H]1C. The van der Waals surface area contributed by atoms with E-state index in [4.69, 9.17) is 0 Å². The molecule has 0 aliphatic carbocycles. The Balaban J connectivity index is 1.79. The number of aromatic nitrogens is 1. The predicted molar refractivity (Wildman–Crippen MR) is 97.0 cm³/mol. The van der Waals surface area contributed by atoms with Crippen molar-refractivity contribution < 1.29 is 5.11 Å². The van der Waals surface area contributed by atoms with Crippen LogP contribution in [0.15, 0.2) is 18.2 Å². The average molecular weight is 314 g/mol.